The van der Waals surface area contributed by atoms with Gasteiger partial charge >= 0.3 is 0 Å². The molecule has 0 radical (unpaired) electrons. The minimum absolute atomic E-state index is 0.0754. The molecule has 0 aliphatic carbocycles. The first-order valence-corrected chi connectivity index (χ1v) is 9.70. The number of hydrogen-bond acceptors (Lipinski definition) is 6. The van der Waals surface area contributed by atoms with E-state index >= 15 is 0 Å². The zero-order valence-electron chi connectivity index (χ0n) is 11.5. The average Bonchev–Trinajstić information content (AvgIpc) is 2.98. The summed E-state index contributed by atoms with van der Waals surface area (Å²) in [5.41, 5.74) is 1.07. The van der Waals surface area contributed by atoms with Crippen LogP contribution in [0.1, 0.15) is 11.7 Å². The van der Waals surface area contributed by atoms with Gasteiger partial charge in [0.2, 0.25) is 10.0 Å². The van der Waals surface area contributed by atoms with Crippen LogP contribution >= 0.6 is 27.3 Å². The van der Waals surface area contributed by atoms with E-state index in [0.29, 0.717) is 24.8 Å². The van der Waals surface area contributed by atoms with Crippen molar-refractivity contribution in [2.45, 2.75) is 10.3 Å². The first kappa shape index (κ1) is 15.9. The normalized spacial score (nSPS) is 19.4. The molecular formula is C13H14BrN3O3S2. The highest BCUT2D eigenvalue weighted by molar-refractivity contribution is 9.10. The lowest BCUT2D eigenvalue weighted by atomic mass is 10.1. The Balaban J connectivity index is 1.82. The van der Waals surface area contributed by atoms with Crippen LogP contribution in [0.25, 0.3) is 0 Å². The molecule has 1 aromatic heterocycles. The van der Waals surface area contributed by atoms with Gasteiger partial charge < -0.3 is 9.64 Å². The number of hydrogen-bond donors (Lipinski definition) is 1. The molecule has 1 aliphatic heterocycles. The highest BCUT2D eigenvalue weighted by Crippen LogP contribution is 2.32. The van der Waals surface area contributed by atoms with Gasteiger partial charge in [0, 0.05) is 11.0 Å². The fraction of sp³-hybridized carbons (Fsp3) is 0.308. The molecule has 1 aromatic carbocycles. The summed E-state index contributed by atoms with van der Waals surface area (Å²) in [7, 11) is -3.70. The highest BCUT2D eigenvalue weighted by atomic mass is 79.9. The van der Waals surface area contributed by atoms with Gasteiger partial charge in [0.1, 0.15) is 6.10 Å². The van der Waals surface area contributed by atoms with Gasteiger partial charge in [-0.15, -0.1) is 0 Å². The molecule has 1 atom stereocenters. The number of nitrogens with zero attached hydrogens (tertiary/aromatic N) is 2. The number of anilines is 1. The molecule has 0 bridgehead atoms. The number of primary sulfonamides is 1. The lowest BCUT2D eigenvalue weighted by Crippen LogP contribution is -2.38. The molecule has 3 rings (SSSR count). The first-order valence-electron chi connectivity index (χ1n) is 6.55. The van der Waals surface area contributed by atoms with E-state index in [-0.39, 0.29) is 10.3 Å². The van der Waals surface area contributed by atoms with Gasteiger partial charge in [-0.2, -0.15) is 0 Å². The van der Waals surface area contributed by atoms with Crippen molar-refractivity contribution < 1.29 is 13.2 Å². The van der Waals surface area contributed by atoms with Crippen molar-refractivity contribution in [1.82, 2.24) is 4.98 Å². The number of aromatic nitrogens is 1. The van der Waals surface area contributed by atoms with E-state index in [9.17, 15) is 8.42 Å². The Morgan fingerprint density at radius 3 is 2.86 bits per heavy atom. The molecule has 1 unspecified atom stereocenters. The second kappa shape index (κ2) is 6.25. The summed E-state index contributed by atoms with van der Waals surface area (Å²) in [6, 6.07) is 7.90. The smallest absolute Gasteiger partial charge is 0.249 e. The maximum atomic E-state index is 11.4. The predicted molar refractivity (Wildman–Crippen MR) is 88.5 cm³/mol. The molecule has 2 heterocycles. The van der Waals surface area contributed by atoms with Crippen LogP contribution in [0.15, 0.2) is 39.1 Å². The number of sulfonamides is 1. The second-order valence-corrected chi connectivity index (χ2v) is 8.49. The molecule has 1 aliphatic rings. The van der Waals surface area contributed by atoms with Crippen LogP contribution in [0.5, 0.6) is 0 Å². The van der Waals surface area contributed by atoms with E-state index in [0.717, 1.165) is 21.4 Å². The monoisotopic (exact) mass is 403 g/mol. The fourth-order valence-corrected chi connectivity index (χ4v) is 4.39. The fourth-order valence-electron chi connectivity index (χ4n) is 2.28. The van der Waals surface area contributed by atoms with E-state index in [4.69, 9.17) is 9.88 Å². The van der Waals surface area contributed by atoms with E-state index in [2.05, 4.69) is 20.9 Å². The zero-order chi connectivity index (χ0) is 15.7. The van der Waals surface area contributed by atoms with Crippen LogP contribution in [0, 0.1) is 0 Å². The Kier molecular flexibility index (Phi) is 4.51. The zero-order valence-corrected chi connectivity index (χ0v) is 14.7. The van der Waals surface area contributed by atoms with Crippen LogP contribution in [0.2, 0.25) is 0 Å². The Morgan fingerprint density at radius 2 is 2.18 bits per heavy atom. The Morgan fingerprint density at radius 1 is 1.41 bits per heavy atom. The van der Waals surface area contributed by atoms with Crippen molar-refractivity contribution in [3.63, 3.8) is 0 Å². The number of morpholine rings is 1. The third-order valence-corrected chi connectivity index (χ3v) is 6.53. The van der Waals surface area contributed by atoms with E-state index < -0.39 is 10.0 Å². The van der Waals surface area contributed by atoms with E-state index in [1.807, 2.05) is 29.2 Å². The van der Waals surface area contributed by atoms with Crippen LogP contribution in [-0.2, 0) is 14.8 Å². The lowest BCUT2D eigenvalue weighted by molar-refractivity contribution is 0.0393. The van der Waals surface area contributed by atoms with Gasteiger partial charge in [0.25, 0.3) is 0 Å². The van der Waals surface area contributed by atoms with Crippen molar-refractivity contribution >= 4 is 42.4 Å². The molecule has 9 heteroatoms. The Hall–Kier alpha value is -1.000. The quantitative estimate of drug-likeness (QED) is 0.847. The average molecular weight is 404 g/mol. The SMILES string of the molecule is NS(=O)(=O)c1cnc(N2CCOC(c3ccccc3Br)C2)s1. The summed E-state index contributed by atoms with van der Waals surface area (Å²) < 4.78 is 29.6. The summed E-state index contributed by atoms with van der Waals surface area (Å²) in [6.07, 6.45) is 1.21. The summed E-state index contributed by atoms with van der Waals surface area (Å²) in [5, 5.41) is 5.77. The van der Waals surface area contributed by atoms with Crippen molar-refractivity contribution in [2.75, 3.05) is 24.6 Å². The molecular weight excluding hydrogens is 390 g/mol. The topological polar surface area (TPSA) is 85.5 Å². The van der Waals surface area contributed by atoms with Crippen LogP contribution in [0.4, 0.5) is 5.13 Å². The summed E-state index contributed by atoms with van der Waals surface area (Å²) in [4.78, 5) is 6.20. The summed E-state index contributed by atoms with van der Waals surface area (Å²) >= 11 is 4.61. The highest BCUT2D eigenvalue weighted by Gasteiger charge is 2.26. The van der Waals surface area contributed by atoms with Crippen molar-refractivity contribution in [2.24, 2.45) is 5.14 Å². The molecule has 0 spiro atoms. The Bertz CT molecular complexity index is 778. The number of nitrogens with two attached hydrogens (primary N) is 1. The molecule has 0 saturated carbocycles. The van der Waals surface area contributed by atoms with Crippen molar-refractivity contribution in [1.29, 1.82) is 0 Å². The second-order valence-electron chi connectivity index (χ2n) is 4.83. The maximum Gasteiger partial charge on any atom is 0.249 e. The minimum atomic E-state index is -3.70. The standard InChI is InChI=1S/C13H14BrN3O3S2/c14-10-4-2-1-3-9(10)11-8-17(5-6-20-11)13-16-7-12(21-13)22(15,18)19/h1-4,7,11H,5-6,8H2,(H2,15,18,19). The number of ether oxygens (including phenoxy) is 1. The maximum absolute atomic E-state index is 11.4. The molecule has 1 fully saturated rings. The molecule has 118 valence electrons. The van der Waals surface area contributed by atoms with Crippen LogP contribution in [-0.4, -0.2) is 33.1 Å². The minimum Gasteiger partial charge on any atom is -0.370 e. The van der Waals surface area contributed by atoms with Gasteiger partial charge in [0.15, 0.2) is 9.34 Å². The van der Waals surface area contributed by atoms with E-state index in [1.165, 1.54) is 6.20 Å². The van der Waals surface area contributed by atoms with Gasteiger partial charge in [-0.1, -0.05) is 45.5 Å². The molecule has 22 heavy (non-hydrogen) atoms. The molecule has 6 nitrogen and oxygen atoms in total. The molecule has 0 amide bonds. The largest absolute Gasteiger partial charge is 0.370 e. The predicted octanol–water partition coefficient (Wildman–Crippen LogP) is 2.13. The number of benzene rings is 1. The summed E-state index contributed by atoms with van der Waals surface area (Å²) in [6.45, 7) is 1.83. The van der Waals surface area contributed by atoms with Gasteiger partial charge in [-0.25, -0.2) is 18.5 Å². The lowest BCUT2D eigenvalue weighted by Gasteiger charge is -2.33. The van der Waals surface area contributed by atoms with Gasteiger partial charge in [0.05, 0.1) is 19.3 Å². The van der Waals surface area contributed by atoms with Crippen LogP contribution in [0.3, 0.4) is 0 Å². The first-order chi connectivity index (χ1) is 10.4. The third-order valence-electron chi connectivity index (χ3n) is 3.34. The van der Waals surface area contributed by atoms with E-state index in [1.54, 1.807) is 0 Å². The third kappa shape index (κ3) is 3.33. The van der Waals surface area contributed by atoms with Crippen LogP contribution < -0.4 is 10.0 Å². The van der Waals surface area contributed by atoms with Crippen molar-refractivity contribution in [3.8, 4) is 0 Å². The molecule has 2 N–H and O–H groups in total. The Labute approximate surface area is 141 Å². The van der Waals surface area contributed by atoms with Gasteiger partial charge in [-0.05, 0) is 11.6 Å². The van der Waals surface area contributed by atoms with Crippen molar-refractivity contribution in [3.05, 3.63) is 40.5 Å². The summed E-state index contributed by atoms with van der Waals surface area (Å²) in [5.74, 6) is 0. The molecule has 1 saturated heterocycles. The number of halogens is 1. The number of rotatable bonds is 3. The molecule has 2 aromatic rings. The van der Waals surface area contributed by atoms with Gasteiger partial charge in [-0.3, -0.25) is 0 Å². The number of thiazole rings is 1.